The van der Waals surface area contributed by atoms with Crippen LogP contribution in [0.25, 0.3) is 0 Å². The molecule has 0 aromatic rings. The Morgan fingerprint density at radius 2 is 2.17 bits per heavy atom. The summed E-state index contributed by atoms with van der Waals surface area (Å²) >= 11 is 0. The van der Waals surface area contributed by atoms with Gasteiger partial charge in [-0.05, 0) is 38.0 Å². The molecule has 1 nitrogen and oxygen atoms in total. The SMILES string of the molecule is CC(C)C[C@H]1CCC[C@](C)(O)C1. The van der Waals surface area contributed by atoms with Crippen molar-refractivity contribution in [3.63, 3.8) is 0 Å². The van der Waals surface area contributed by atoms with Crippen molar-refractivity contribution in [3.05, 3.63) is 0 Å². The van der Waals surface area contributed by atoms with Crippen LogP contribution in [0.5, 0.6) is 0 Å². The molecule has 0 unspecified atom stereocenters. The second-order valence-corrected chi connectivity index (χ2v) is 5.09. The van der Waals surface area contributed by atoms with Crippen molar-refractivity contribution >= 4 is 0 Å². The first-order valence-electron chi connectivity index (χ1n) is 5.22. The van der Waals surface area contributed by atoms with Crippen LogP contribution in [0.1, 0.15) is 52.9 Å². The minimum absolute atomic E-state index is 0.363. The van der Waals surface area contributed by atoms with Crippen LogP contribution < -0.4 is 0 Å². The van der Waals surface area contributed by atoms with Crippen LogP contribution >= 0.6 is 0 Å². The summed E-state index contributed by atoms with van der Waals surface area (Å²) in [5.74, 6) is 1.55. The molecule has 0 amide bonds. The van der Waals surface area contributed by atoms with E-state index in [1.54, 1.807) is 0 Å². The van der Waals surface area contributed by atoms with E-state index in [9.17, 15) is 5.11 Å². The topological polar surface area (TPSA) is 20.2 Å². The van der Waals surface area contributed by atoms with Gasteiger partial charge in [0.25, 0.3) is 0 Å². The summed E-state index contributed by atoms with van der Waals surface area (Å²) in [6.45, 7) is 6.52. The Kier molecular flexibility index (Phi) is 3.16. The highest BCUT2D eigenvalue weighted by molar-refractivity contribution is 4.82. The van der Waals surface area contributed by atoms with Gasteiger partial charge in [0, 0.05) is 0 Å². The molecule has 1 aliphatic carbocycles. The van der Waals surface area contributed by atoms with E-state index >= 15 is 0 Å². The molecule has 0 aromatic heterocycles. The van der Waals surface area contributed by atoms with Crippen LogP contribution in [0.2, 0.25) is 0 Å². The maximum Gasteiger partial charge on any atom is 0.0622 e. The highest BCUT2D eigenvalue weighted by Gasteiger charge is 2.29. The van der Waals surface area contributed by atoms with Crippen LogP contribution in [-0.2, 0) is 0 Å². The summed E-state index contributed by atoms with van der Waals surface area (Å²) in [4.78, 5) is 0. The molecule has 2 atom stereocenters. The van der Waals surface area contributed by atoms with Crippen LogP contribution in [0.15, 0.2) is 0 Å². The third-order valence-corrected chi connectivity index (χ3v) is 2.86. The molecule has 0 saturated heterocycles. The third-order valence-electron chi connectivity index (χ3n) is 2.86. The van der Waals surface area contributed by atoms with Crippen molar-refractivity contribution in [2.24, 2.45) is 11.8 Å². The van der Waals surface area contributed by atoms with Crippen molar-refractivity contribution in [3.8, 4) is 0 Å². The largest absolute Gasteiger partial charge is 0.390 e. The molecular weight excluding hydrogens is 148 g/mol. The molecule has 0 aliphatic heterocycles. The minimum Gasteiger partial charge on any atom is -0.390 e. The van der Waals surface area contributed by atoms with E-state index in [1.165, 1.54) is 19.3 Å². The fourth-order valence-electron chi connectivity index (χ4n) is 2.47. The van der Waals surface area contributed by atoms with Crippen molar-refractivity contribution in [2.45, 2.75) is 58.5 Å². The van der Waals surface area contributed by atoms with Crippen molar-refractivity contribution in [1.29, 1.82) is 0 Å². The summed E-state index contributed by atoms with van der Waals surface area (Å²) in [5, 5.41) is 9.86. The Hall–Kier alpha value is -0.0400. The average Bonchev–Trinajstić information content (AvgIpc) is 1.82. The Bertz CT molecular complexity index is 138. The summed E-state index contributed by atoms with van der Waals surface area (Å²) in [6, 6.07) is 0. The quantitative estimate of drug-likeness (QED) is 0.675. The molecule has 1 heteroatoms. The standard InChI is InChI=1S/C11H22O/c1-9(2)7-10-5-4-6-11(3,12)8-10/h9-10,12H,4-8H2,1-3H3/t10-,11+/m1/s1. The molecule has 12 heavy (non-hydrogen) atoms. The summed E-state index contributed by atoms with van der Waals surface area (Å²) < 4.78 is 0. The van der Waals surface area contributed by atoms with E-state index in [2.05, 4.69) is 13.8 Å². The number of aliphatic hydroxyl groups is 1. The second-order valence-electron chi connectivity index (χ2n) is 5.09. The lowest BCUT2D eigenvalue weighted by molar-refractivity contribution is -0.00260. The molecule has 0 spiro atoms. The predicted molar refractivity (Wildman–Crippen MR) is 52.0 cm³/mol. The lowest BCUT2D eigenvalue weighted by Crippen LogP contribution is -2.32. The molecular formula is C11H22O. The van der Waals surface area contributed by atoms with E-state index in [-0.39, 0.29) is 5.60 Å². The fourth-order valence-corrected chi connectivity index (χ4v) is 2.47. The third kappa shape index (κ3) is 3.14. The van der Waals surface area contributed by atoms with E-state index in [1.807, 2.05) is 6.92 Å². The Morgan fingerprint density at radius 1 is 1.50 bits per heavy atom. The zero-order valence-electron chi connectivity index (χ0n) is 8.64. The zero-order valence-corrected chi connectivity index (χ0v) is 8.64. The summed E-state index contributed by atoms with van der Waals surface area (Å²) in [5.41, 5.74) is -0.363. The molecule has 1 saturated carbocycles. The van der Waals surface area contributed by atoms with Gasteiger partial charge in [0.15, 0.2) is 0 Å². The number of rotatable bonds is 2. The molecule has 1 aliphatic rings. The summed E-state index contributed by atoms with van der Waals surface area (Å²) in [7, 11) is 0. The van der Waals surface area contributed by atoms with Crippen LogP contribution in [0.3, 0.4) is 0 Å². The summed E-state index contributed by atoms with van der Waals surface area (Å²) in [6.07, 6.45) is 5.85. The molecule has 1 rings (SSSR count). The van der Waals surface area contributed by atoms with Crippen LogP contribution in [0.4, 0.5) is 0 Å². The van der Waals surface area contributed by atoms with E-state index < -0.39 is 0 Å². The molecule has 72 valence electrons. The van der Waals surface area contributed by atoms with E-state index in [4.69, 9.17) is 0 Å². The number of hydrogen-bond donors (Lipinski definition) is 1. The monoisotopic (exact) mass is 170 g/mol. The first kappa shape index (κ1) is 10.0. The zero-order chi connectivity index (χ0) is 9.19. The molecule has 0 aromatic carbocycles. The highest BCUT2D eigenvalue weighted by Crippen LogP contribution is 2.35. The Labute approximate surface area is 76.2 Å². The Balaban J connectivity index is 2.36. The molecule has 0 heterocycles. The average molecular weight is 170 g/mol. The van der Waals surface area contributed by atoms with E-state index in [0.29, 0.717) is 0 Å². The number of hydrogen-bond acceptors (Lipinski definition) is 1. The van der Waals surface area contributed by atoms with Crippen LogP contribution in [-0.4, -0.2) is 10.7 Å². The van der Waals surface area contributed by atoms with Gasteiger partial charge in [-0.2, -0.15) is 0 Å². The van der Waals surface area contributed by atoms with Gasteiger partial charge in [-0.3, -0.25) is 0 Å². The van der Waals surface area contributed by atoms with Gasteiger partial charge in [-0.15, -0.1) is 0 Å². The van der Waals surface area contributed by atoms with E-state index in [0.717, 1.165) is 24.7 Å². The van der Waals surface area contributed by atoms with Gasteiger partial charge in [0.1, 0.15) is 0 Å². The predicted octanol–water partition coefficient (Wildman–Crippen LogP) is 2.97. The minimum atomic E-state index is -0.363. The smallest absolute Gasteiger partial charge is 0.0622 e. The Morgan fingerprint density at radius 3 is 2.67 bits per heavy atom. The van der Waals surface area contributed by atoms with Crippen molar-refractivity contribution in [1.82, 2.24) is 0 Å². The maximum absolute atomic E-state index is 9.86. The molecule has 1 N–H and O–H groups in total. The van der Waals surface area contributed by atoms with Gasteiger partial charge in [-0.25, -0.2) is 0 Å². The lowest BCUT2D eigenvalue weighted by Gasteiger charge is -2.34. The normalized spacial score (nSPS) is 37.2. The molecule has 0 bridgehead atoms. The van der Waals surface area contributed by atoms with Gasteiger partial charge in [-0.1, -0.05) is 26.7 Å². The van der Waals surface area contributed by atoms with Crippen LogP contribution in [0, 0.1) is 11.8 Å². The van der Waals surface area contributed by atoms with Crippen molar-refractivity contribution < 1.29 is 5.11 Å². The van der Waals surface area contributed by atoms with Gasteiger partial charge < -0.3 is 5.11 Å². The first-order valence-corrected chi connectivity index (χ1v) is 5.22. The van der Waals surface area contributed by atoms with Crippen molar-refractivity contribution in [2.75, 3.05) is 0 Å². The fraction of sp³-hybridized carbons (Fsp3) is 1.00. The van der Waals surface area contributed by atoms with Gasteiger partial charge >= 0.3 is 0 Å². The molecule has 1 fully saturated rings. The highest BCUT2D eigenvalue weighted by atomic mass is 16.3. The first-order chi connectivity index (χ1) is 5.49. The maximum atomic E-state index is 9.86. The van der Waals surface area contributed by atoms with Gasteiger partial charge in [0.2, 0.25) is 0 Å². The lowest BCUT2D eigenvalue weighted by atomic mass is 9.76. The van der Waals surface area contributed by atoms with Gasteiger partial charge in [0.05, 0.1) is 5.60 Å². The molecule has 0 radical (unpaired) electrons. The second kappa shape index (κ2) is 3.78.